The highest BCUT2D eigenvalue weighted by Gasteiger charge is 2.54. The summed E-state index contributed by atoms with van der Waals surface area (Å²) in [5.41, 5.74) is -4.09. The lowest BCUT2D eigenvalue weighted by molar-refractivity contribution is -0.173. The molecule has 6 N–H and O–H groups in total. The number of rotatable bonds is 27. The highest BCUT2D eigenvalue weighted by molar-refractivity contribution is 9.11. The number of hydrogen-bond donors (Lipinski definition) is 6. The van der Waals surface area contributed by atoms with Crippen molar-refractivity contribution in [1.82, 2.24) is 0 Å². The number of halogens is 6. The van der Waals surface area contributed by atoms with Crippen molar-refractivity contribution in [2.24, 2.45) is 0 Å². The van der Waals surface area contributed by atoms with Crippen molar-refractivity contribution in [1.29, 1.82) is 0 Å². The van der Waals surface area contributed by atoms with E-state index in [2.05, 4.69) is 62.0 Å². The van der Waals surface area contributed by atoms with Crippen molar-refractivity contribution < 1.29 is 139 Å². The van der Waals surface area contributed by atoms with E-state index in [0.29, 0.717) is 22.8 Å². The quantitative estimate of drug-likeness (QED) is 0.0158. The number of esters is 6. The maximum absolute atomic E-state index is 14.7. The summed E-state index contributed by atoms with van der Waals surface area (Å²) in [5, 5.41) is 57.1. The lowest BCUT2D eigenvalue weighted by Gasteiger charge is -2.34. The van der Waals surface area contributed by atoms with Crippen molar-refractivity contribution >= 4 is 136 Å². The second-order valence-corrected chi connectivity index (χ2v) is 28.6. The summed E-state index contributed by atoms with van der Waals surface area (Å²) < 4.78 is 89.2. The van der Waals surface area contributed by atoms with Gasteiger partial charge in [0.05, 0.1) is 98.9 Å². The van der Waals surface area contributed by atoms with Crippen LogP contribution in [0.1, 0.15) is 212 Å². The Bertz CT molecular complexity index is 5230. The smallest absolute Gasteiger partial charge is 0.402 e. The molecule has 0 aliphatic carbocycles. The van der Waals surface area contributed by atoms with Crippen molar-refractivity contribution in [3.63, 3.8) is 0 Å². The molecule has 9 rings (SSSR count). The van der Waals surface area contributed by atoms with E-state index < -0.39 is 144 Å². The van der Waals surface area contributed by atoms with Gasteiger partial charge in [0, 0.05) is 34.3 Å². The molecule has 598 valence electrons. The van der Waals surface area contributed by atoms with Gasteiger partial charge in [-0.25, -0.2) is 61.7 Å². The lowest BCUT2D eigenvalue weighted by atomic mass is 9.74. The van der Waals surface area contributed by atoms with E-state index in [9.17, 15) is 110 Å². The third kappa shape index (κ3) is 21.5. The summed E-state index contributed by atoms with van der Waals surface area (Å²) in [5.74, 6) is -15.4. The second-order valence-electron chi connectivity index (χ2n) is 24.5. The van der Waals surface area contributed by atoms with Gasteiger partial charge in [-0.05, 0) is 174 Å². The molecule has 0 bridgehead atoms. The minimum absolute atomic E-state index is 0.0203. The van der Waals surface area contributed by atoms with Crippen molar-refractivity contribution in [3.8, 4) is 0 Å². The van der Waals surface area contributed by atoms with E-state index in [-0.39, 0.29) is 74.1 Å². The molecule has 0 heterocycles. The summed E-state index contributed by atoms with van der Waals surface area (Å²) in [6.07, 6.45) is -2.65. The Kier molecular flexibility index (Phi) is 30.8. The van der Waals surface area contributed by atoms with Gasteiger partial charge in [0.1, 0.15) is 25.2 Å². The molecule has 0 spiro atoms. The van der Waals surface area contributed by atoms with E-state index in [1.807, 2.05) is 51.1 Å². The van der Waals surface area contributed by atoms with Gasteiger partial charge in [-0.3, -0.25) is 4.79 Å². The lowest BCUT2D eigenvalue weighted by Crippen LogP contribution is -2.41. The minimum atomic E-state index is -5.05. The van der Waals surface area contributed by atoms with Crippen LogP contribution < -0.4 is 0 Å². The largest absolute Gasteiger partial charge is 0.478 e. The first-order valence-corrected chi connectivity index (χ1v) is 37.2. The van der Waals surface area contributed by atoms with Crippen LogP contribution in [0.15, 0.2) is 187 Å². The number of ether oxygens (including phenoxy) is 6. The standard InChI is InChI=1S/C29H24BrF3O8.C27H21BrO9.C26H21BrO9S/c1-4-16-6-5-15(11-23(16)30)14-41-27(39)20-10-8-17(12-21(20)25(36)37)28(2,29(31,32)33)18-7-9-19(24(34)35)22(13-18)26(38)40-3;1-3-15-5-4-14(10-22(15)28)13-37-27(35)19-9-7-16(11-20(19)25(32)33)23(29)17-6-8-18(24(30)31)21(12-17)26(34)36-2;1-3-15-5-4-14(10-22(15)27)13-36-26(33)19-9-7-16(11-20(19)24(30)31)37(34)17-6-8-18(23(28)29)21(12-17)25(32)35-2/h5-13H,4,14H2,1-3H3,(H,34,35)(H,36,37);4-12H,3,13H2,1-2H3,(H,30,31)(H,32,33);4-12H,3,13H2,1-2H3,(H,28,29)(H,30,31). The Morgan fingerprint density at radius 3 is 0.939 bits per heavy atom. The number of aromatic carboxylic acids is 6. The SMILES string of the molecule is CCc1ccc(COC(=O)c2ccc(C(=O)c3ccc(C(=O)O)c(C(=O)OC)c3)cc2C(=O)O)cc1Br.CCc1ccc(COC(=O)c2ccc(C(C)(c3ccc(C(=O)O)c(C(=O)OC)c3)C(F)(F)F)cc2C(=O)O)cc1Br.CCc1ccc(COC(=O)c2ccc(S(=O)c3ccc(C(=O)O)c(C(=O)OC)c3)cc2C(=O)O)cc1Br. The van der Waals surface area contributed by atoms with Crippen LogP contribution in [0, 0.1) is 0 Å². The Labute approximate surface area is 679 Å². The first-order valence-electron chi connectivity index (χ1n) is 33.7. The maximum atomic E-state index is 14.7. The molecule has 0 saturated carbocycles. The molecule has 2 atom stereocenters. The Hall–Kier alpha value is -12.3. The van der Waals surface area contributed by atoms with Gasteiger partial charge in [0.2, 0.25) is 0 Å². The van der Waals surface area contributed by atoms with Crippen LogP contribution in [0.3, 0.4) is 0 Å². The molecule has 26 nitrogen and oxygen atoms in total. The number of carboxylic acid groups (broad SMARTS) is 6. The maximum Gasteiger partial charge on any atom is 0.402 e. The summed E-state index contributed by atoms with van der Waals surface area (Å²) >= 11 is 10.3. The number of carbonyl (C=O) groups excluding carboxylic acids is 7. The molecule has 2 unspecified atom stereocenters. The van der Waals surface area contributed by atoms with Gasteiger partial charge in [-0.2, -0.15) is 13.2 Å². The fourth-order valence-corrected chi connectivity index (χ4v) is 14.4. The van der Waals surface area contributed by atoms with Gasteiger partial charge < -0.3 is 59.1 Å². The zero-order valence-electron chi connectivity index (χ0n) is 61.4. The Morgan fingerprint density at radius 2 is 0.609 bits per heavy atom. The van der Waals surface area contributed by atoms with Crippen LogP contribution in [-0.4, -0.2) is 140 Å². The van der Waals surface area contributed by atoms with Crippen molar-refractivity contribution in [3.05, 3.63) is 300 Å². The second kappa shape index (κ2) is 39.4. The van der Waals surface area contributed by atoms with Gasteiger partial charge >= 0.3 is 77.8 Å². The predicted molar refractivity (Wildman–Crippen MR) is 413 cm³/mol. The monoisotopic (exact) mass is 1790 g/mol. The molecule has 0 fully saturated rings. The number of hydrogen-bond acceptors (Lipinski definition) is 20. The average Bonchev–Trinajstić information content (AvgIpc) is 0.739. The summed E-state index contributed by atoms with van der Waals surface area (Å²) in [6, 6.07) is 35.2. The minimum Gasteiger partial charge on any atom is -0.478 e. The molecule has 0 aliphatic heterocycles. The Morgan fingerprint density at radius 1 is 0.339 bits per heavy atom. The number of benzene rings is 9. The highest BCUT2D eigenvalue weighted by Crippen LogP contribution is 2.47. The Balaban J connectivity index is 0.000000239. The topological polar surface area (TPSA) is 416 Å². The summed E-state index contributed by atoms with van der Waals surface area (Å²) in [6.45, 7) is 6.34. The molecular formula is C82H66Br3F3O26S. The van der Waals surface area contributed by atoms with Crippen molar-refractivity contribution in [2.75, 3.05) is 21.3 Å². The highest BCUT2D eigenvalue weighted by atomic mass is 79.9. The third-order valence-electron chi connectivity index (χ3n) is 17.6. The number of ketones is 1. The van der Waals surface area contributed by atoms with Crippen molar-refractivity contribution in [2.45, 2.75) is 88.2 Å². The van der Waals surface area contributed by atoms with Gasteiger partial charge in [0.15, 0.2) is 5.78 Å². The van der Waals surface area contributed by atoms with Gasteiger partial charge in [-0.15, -0.1) is 0 Å². The average molecular weight is 1800 g/mol. The molecule has 0 aliphatic rings. The number of carbonyl (C=O) groups is 13. The molecule has 9 aromatic rings. The molecule has 115 heavy (non-hydrogen) atoms. The fraction of sp³-hybridized carbons (Fsp3) is 0.183. The summed E-state index contributed by atoms with van der Waals surface area (Å²) in [4.78, 5) is 158. The molecule has 9 aromatic carbocycles. The van der Waals surface area contributed by atoms with Crippen LogP contribution in [0.2, 0.25) is 0 Å². The molecule has 0 aromatic heterocycles. The van der Waals surface area contributed by atoms with E-state index >= 15 is 0 Å². The van der Waals surface area contributed by atoms with E-state index in [1.165, 1.54) is 36.4 Å². The fourth-order valence-electron chi connectivity index (χ4n) is 11.2. The number of aryl methyl sites for hydroxylation is 3. The number of alkyl halides is 3. The van der Waals surface area contributed by atoms with E-state index in [0.717, 1.165) is 144 Å². The molecular weight excluding hydrogens is 1730 g/mol. The van der Waals surface area contributed by atoms with Crippen LogP contribution in [0.25, 0.3) is 0 Å². The van der Waals surface area contributed by atoms with Crippen LogP contribution in [0.4, 0.5) is 13.2 Å². The van der Waals surface area contributed by atoms with Crippen LogP contribution in [0.5, 0.6) is 0 Å². The first-order chi connectivity index (χ1) is 54.3. The first kappa shape index (κ1) is 89.9. The normalized spacial score (nSPS) is 11.6. The van der Waals surface area contributed by atoms with Gasteiger partial charge in [-0.1, -0.05) is 129 Å². The van der Waals surface area contributed by atoms with Crippen LogP contribution >= 0.6 is 47.8 Å². The zero-order chi connectivity index (χ0) is 85.2. The van der Waals surface area contributed by atoms with E-state index in [1.54, 1.807) is 24.3 Å². The molecule has 0 saturated heterocycles. The number of methoxy groups -OCH3 is 3. The zero-order valence-corrected chi connectivity index (χ0v) is 66.9. The van der Waals surface area contributed by atoms with Gasteiger partial charge in [0.25, 0.3) is 0 Å². The number of carboxylic acids is 6. The molecule has 0 amide bonds. The molecule has 33 heteroatoms. The predicted octanol–water partition coefficient (Wildman–Crippen LogP) is 15.9. The summed E-state index contributed by atoms with van der Waals surface area (Å²) in [7, 11) is 1.08. The van der Waals surface area contributed by atoms with Crippen LogP contribution in [-0.2, 0) is 83.7 Å². The molecule has 0 radical (unpaired) electrons. The van der Waals surface area contributed by atoms with E-state index in [4.69, 9.17) is 14.2 Å². The third-order valence-corrected chi connectivity index (χ3v) is 21.2.